The van der Waals surface area contributed by atoms with E-state index in [1.807, 2.05) is 13.8 Å². The Kier molecular flexibility index (Phi) is 6.47. The normalized spacial score (nSPS) is 11.9. The number of carbonyl (C=O) groups is 1. The van der Waals surface area contributed by atoms with Crippen LogP contribution in [0.2, 0.25) is 0 Å². The standard InChI is InChI=1S/C10H22N2O3/c1-8(2)12-9(15)4-5-11-10(3,6-13)7-14/h8,11,13-14H,4-7H2,1-3H3,(H,12,15). The van der Waals surface area contributed by atoms with E-state index in [1.165, 1.54) is 0 Å². The van der Waals surface area contributed by atoms with E-state index in [0.29, 0.717) is 13.0 Å². The lowest BCUT2D eigenvalue weighted by atomic mass is 10.1. The van der Waals surface area contributed by atoms with Crippen LogP contribution < -0.4 is 10.6 Å². The van der Waals surface area contributed by atoms with Gasteiger partial charge in [-0.25, -0.2) is 0 Å². The first-order chi connectivity index (χ1) is 6.93. The zero-order chi connectivity index (χ0) is 11.9. The first-order valence-corrected chi connectivity index (χ1v) is 5.19. The molecule has 0 rings (SSSR count). The van der Waals surface area contributed by atoms with E-state index in [4.69, 9.17) is 10.2 Å². The Labute approximate surface area is 90.9 Å². The smallest absolute Gasteiger partial charge is 0.221 e. The van der Waals surface area contributed by atoms with Gasteiger partial charge in [0.05, 0.1) is 18.8 Å². The molecule has 90 valence electrons. The topological polar surface area (TPSA) is 81.6 Å². The Hall–Kier alpha value is -0.650. The van der Waals surface area contributed by atoms with Crippen LogP contribution in [0.5, 0.6) is 0 Å². The van der Waals surface area contributed by atoms with Crippen LogP contribution >= 0.6 is 0 Å². The molecule has 0 unspecified atom stereocenters. The summed E-state index contributed by atoms with van der Waals surface area (Å²) in [6.07, 6.45) is 0.341. The average molecular weight is 218 g/mol. The van der Waals surface area contributed by atoms with Crippen LogP contribution in [0.3, 0.4) is 0 Å². The van der Waals surface area contributed by atoms with Crippen molar-refractivity contribution < 1.29 is 15.0 Å². The number of carbonyl (C=O) groups excluding carboxylic acids is 1. The number of aliphatic hydroxyl groups excluding tert-OH is 2. The van der Waals surface area contributed by atoms with Crippen LogP contribution in [0, 0.1) is 0 Å². The summed E-state index contributed by atoms with van der Waals surface area (Å²) in [6, 6.07) is 0.138. The Morgan fingerprint density at radius 1 is 1.33 bits per heavy atom. The quantitative estimate of drug-likeness (QED) is 0.452. The fourth-order valence-electron chi connectivity index (χ4n) is 1.03. The summed E-state index contributed by atoms with van der Waals surface area (Å²) in [5, 5.41) is 23.6. The summed E-state index contributed by atoms with van der Waals surface area (Å²) in [5.41, 5.74) is -0.710. The van der Waals surface area contributed by atoms with Gasteiger partial charge in [0.1, 0.15) is 0 Å². The monoisotopic (exact) mass is 218 g/mol. The van der Waals surface area contributed by atoms with E-state index < -0.39 is 5.54 Å². The van der Waals surface area contributed by atoms with Gasteiger partial charge in [0.25, 0.3) is 0 Å². The van der Waals surface area contributed by atoms with E-state index in [0.717, 1.165) is 0 Å². The molecule has 0 aliphatic rings. The van der Waals surface area contributed by atoms with Crippen molar-refractivity contribution >= 4 is 5.91 Å². The van der Waals surface area contributed by atoms with Crippen molar-refractivity contribution in [2.24, 2.45) is 0 Å². The average Bonchev–Trinajstić information content (AvgIpc) is 2.16. The van der Waals surface area contributed by atoms with Gasteiger partial charge in [-0.1, -0.05) is 0 Å². The molecule has 5 heteroatoms. The fourth-order valence-corrected chi connectivity index (χ4v) is 1.03. The zero-order valence-corrected chi connectivity index (χ0v) is 9.71. The van der Waals surface area contributed by atoms with E-state index in [1.54, 1.807) is 6.92 Å². The Morgan fingerprint density at radius 2 is 1.87 bits per heavy atom. The number of amides is 1. The number of hydrogen-bond donors (Lipinski definition) is 4. The number of rotatable bonds is 7. The maximum atomic E-state index is 11.2. The second-order valence-electron chi connectivity index (χ2n) is 4.28. The van der Waals surface area contributed by atoms with Gasteiger partial charge in [-0.05, 0) is 20.8 Å². The molecular formula is C10H22N2O3. The first kappa shape index (κ1) is 14.3. The molecule has 0 spiro atoms. The largest absolute Gasteiger partial charge is 0.394 e. The predicted octanol–water partition coefficient (Wildman–Crippen LogP) is -0.766. The summed E-state index contributed by atoms with van der Waals surface area (Å²) < 4.78 is 0. The molecule has 5 nitrogen and oxygen atoms in total. The molecule has 0 saturated heterocycles. The van der Waals surface area contributed by atoms with Crippen LogP contribution in [0.25, 0.3) is 0 Å². The molecule has 0 fully saturated rings. The minimum Gasteiger partial charge on any atom is -0.394 e. The molecule has 0 atom stereocenters. The summed E-state index contributed by atoms with van der Waals surface area (Å²) in [4.78, 5) is 11.2. The molecular weight excluding hydrogens is 196 g/mol. The molecule has 0 aromatic heterocycles. The number of hydrogen-bond acceptors (Lipinski definition) is 4. The van der Waals surface area contributed by atoms with Gasteiger partial charge in [0.2, 0.25) is 5.91 Å². The number of aliphatic hydroxyl groups is 2. The molecule has 15 heavy (non-hydrogen) atoms. The van der Waals surface area contributed by atoms with E-state index in [9.17, 15) is 4.79 Å². The van der Waals surface area contributed by atoms with Crippen LogP contribution in [0.1, 0.15) is 27.2 Å². The Balaban J connectivity index is 3.73. The zero-order valence-electron chi connectivity index (χ0n) is 9.71. The Morgan fingerprint density at radius 3 is 2.27 bits per heavy atom. The maximum absolute atomic E-state index is 11.2. The molecule has 0 saturated carbocycles. The molecule has 4 N–H and O–H groups in total. The molecule has 0 aliphatic heterocycles. The highest BCUT2D eigenvalue weighted by atomic mass is 16.3. The van der Waals surface area contributed by atoms with E-state index in [2.05, 4.69) is 10.6 Å². The first-order valence-electron chi connectivity index (χ1n) is 5.19. The summed E-state index contributed by atoms with van der Waals surface area (Å²) in [6.45, 7) is 5.63. The highest BCUT2D eigenvalue weighted by Crippen LogP contribution is 2.00. The lowest BCUT2D eigenvalue weighted by Gasteiger charge is -2.26. The van der Waals surface area contributed by atoms with Gasteiger partial charge in [0, 0.05) is 19.0 Å². The van der Waals surface area contributed by atoms with Crippen molar-refractivity contribution in [2.75, 3.05) is 19.8 Å². The third-order valence-corrected chi connectivity index (χ3v) is 2.05. The van der Waals surface area contributed by atoms with Crippen molar-refractivity contribution in [2.45, 2.75) is 38.8 Å². The molecule has 0 bridgehead atoms. The van der Waals surface area contributed by atoms with Gasteiger partial charge in [-0.3, -0.25) is 4.79 Å². The van der Waals surface area contributed by atoms with Crippen LogP contribution in [-0.2, 0) is 4.79 Å². The highest BCUT2D eigenvalue weighted by Gasteiger charge is 2.21. The van der Waals surface area contributed by atoms with Gasteiger partial charge >= 0.3 is 0 Å². The molecule has 0 aromatic carbocycles. The third kappa shape index (κ3) is 6.43. The lowest BCUT2D eigenvalue weighted by Crippen LogP contribution is -2.50. The SMILES string of the molecule is CC(C)NC(=O)CCNC(C)(CO)CO. The molecule has 0 aromatic rings. The van der Waals surface area contributed by atoms with E-state index in [-0.39, 0.29) is 25.2 Å². The minimum absolute atomic E-state index is 0.0317. The minimum atomic E-state index is -0.710. The lowest BCUT2D eigenvalue weighted by molar-refractivity contribution is -0.121. The summed E-state index contributed by atoms with van der Waals surface area (Å²) in [5.74, 6) is -0.0317. The summed E-state index contributed by atoms with van der Waals surface area (Å²) >= 11 is 0. The number of nitrogens with one attached hydrogen (secondary N) is 2. The van der Waals surface area contributed by atoms with Crippen molar-refractivity contribution in [3.05, 3.63) is 0 Å². The second-order valence-corrected chi connectivity index (χ2v) is 4.28. The van der Waals surface area contributed by atoms with Crippen molar-refractivity contribution in [1.82, 2.24) is 10.6 Å². The van der Waals surface area contributed by atoms with Gasteiger partial charge in [0.15, 0.2) is 0 Å². The molecule has 0 radical (unpaired) electrons. The van der Waals surface area contributed by atoms with Crippen LogP contribution in [0.15, 0.2) is 0 Å². The van der Waals surface area contributed by atoms with Gasteiger partial charge in [-0.2, -0.15) is 0 Å². The Bertz CT molecular complexity index is 191. The van der Waals surface area contributed by atoms with Crippen molar-refractivity contribution in [1.29, 1.82) is 0 Å². The van der Waals surface area contributed by atoms with Crippen molar-refractivity contribution in [3.8, 4) is 0 Å². The van der Waals surface area contributed by atoms with Crippen molar-refractivity contribution in [3.63, 3.8) is 0 Å². The molecule has 0 heterocycles. The molecule has 1 amide bonds. The van der Waals surface area contributed by atoms with Crippen LogP contribution in [0.4, 0.5) is 0 Å². The fraction of sp³-hybridized carbons (Fsp3) is 0.900. The second kappa shape index (κ2) is 6.76. The van der Waals surface area contributed by atoms with Gasteiger partial charge in [-0.15, -0.1) is 0 Å². The predicted molar refractivity (Wildman–Crippen MR) is 58.5 cm³/mol. The third-order valence-electron chi connectivity index (χ3n) is 2.05. The summed E-state index contributed by atoms with van der Waals surface area (Å²) in [7, 11) is 0. The van der Waals surface area contributed by atoms with Crippen LogP contribution in [-0.4, -0.2) is 47.5 Å². The van der Waals surface area contributed by atoms with Gasteiger partial charge < -0.3 is 20.8 Å². The van der Waals surface area contributed by atoms with E-state index >= 15 is 0 Å². The maximum Gasteiger partial charge on any atom is 0.221 e. The molecule has 0 aliphatic carbocycles. The highest BCUT2D eigenvalue weighted by molar-refractivity contribution is 5.76.